The number of aryl methyl sites for hydroxylation is 1. The van der Waals surface area contributed by atoms with E-state index in [0.717, 1.165) is 35.9 Å². The molecule has 1 unspecified atom stereocenters. The summed E-state index contributed by atoms with van der Waals surface area (Å²) < 4.78 is 0. The summed E-state index contributed by atoms with van der Waals surface area (Å²) in [5.74, 6) is 0.227. The van der Waals surface area contributed by atoms with Crippen molar-refractivity contribution < 1.29 is 4.79 Å². The lowest BCUT2D eigenvalue weighted by atomic mass is 10.0. The first kappa shape index (κ1) is 18.8. The Hall–Kier alpha value is -2.50. The molecule has 2 heterocycles. The summed E-state index contributed by atoms with van der Waals surface area (Å²) in [5.41, 5.74) is 3.40. The van der Waals surface area contributed by atoms with Crippen molar-refractivity contribution >= 4 is 17.2 Å². The molecule has 1 atom stereocenters. The van der Waals surface area contributed by atoms with Gasteiger partial charge < -0.3 is 4.90 Å². The molecule has 0 spiro atoms. The van der Waals surface area contributed by atoms with Crippen LogP contribution in [-0.2, 0) is 11.2 Å². The number of carbonyl (C=O) groups is 1. The topological polar surface area (TPSA) is 36.4 Å². The summed E-state index contributed by atoms with van der Waals surface area (Å²) in [6, 6.07) is 20.9. The van der Waals surface area contributed by atoms with E-state index in [1.807, 2.05) is 29.2 Å². The minimum atomic E-state index is 0.227. The van der Waals surface area contributed by atoms with Gasteiger partial charge in [-0.15, -0.1) is 11.3 Å². The molecule has 1 fully saturated rings. The maximum atomic E-state index is 12.8. The summed E-state index contributed by atoms with van der Waals surface area (Å²) >= 11 is 1.64. The monoisotopic (exact) mass is 391 g/mol. The van der Waals surface area contributed by atoms with Crippen LogP contribution in [0.4, 0.5) is 0 Å². The average Bonchev–Trinajstić information content (AvgIpc) is 3.23. The van der Waals surface area contributed by atoms with Crippen molar-refractivity contribution in [2.45, 2.75) is 18.9 Å². The highest BCUT2D eigenvalue weighted by Crippen LogP contribution is 2.25. The zero-order valence-electron chi connectivity index (χ0n) is 16.1. The van der Waals surface area contributed by atoms with Crippen molar-refractivity contribution in [3.63, 3.8) is 0 Å². The second-order valence-electron chi connectivity index (χ2n) is 7.24. The lowest BCUT2D eigenvalue weighted by molar-refractivity contribution is -0.134. The highest BCUT2D eigenvalue weighted by molar-refractivity contribution is 7.09. The zero-order chi connectivity index (χ0) is 19.3. The minimum Gasteiger partial charge on any atom is -0.339 e. The van der Waals surface area contributed by atoms with Gasteiger partial charge >= 0.3 is 0 Å². The van der Waals surface area contributed by atoms with Gasteiger partial charge in [-0.3, -0.25) is 9.69 Å². The van der Waals surface area contributed by atoms with E-state index in [0.29, 0.717) is 12.8 Å². The lowest BCUT2D eigenvalue weighted by Gasteiger charge is -2.39. The largest absolute Gasteiger partial charge is 0.339 e. The van der Waals surface area contributed by atoms with Gasteiger partial charge in [0.05, 0.1) is 16.7 Å². The summed E-state index contributed by atoms with van der Waals surface area (Å²) in [5, 5.41) is 3.11. The van der Waals surface area contributed by atoms with Crippen molar-refractivity contribution in [1.29, 1.82) is 0 Å². The number of carbonyl (C=O) groups excluding carboxylic acids is 1. The number of hydrogen-bond donors (Lipinski definition) is 0. The van der Waals surface area contributed by atoms with Gasteiger partial charge in [-0.1, -0.05) is 60.7 Å². The number of thiazole rings is 1. The molecule has 2 aromatic carbocycles. The van der Waals surface area contributed by atoms with E-state index in [-0.39, 0.29) is 11.9 Å². The van der Waals surface area contributed by atoms with E-state index >= 15 is 0 Å². The number of amides is 1. The van der Waals surface area contributed by atoms with Crippen molar-refractivity contribution in [2.75, 3.05) is 26.7 Å². The van der Waals surface area contributed by atoms with Crippen LogP contribution in [0, 0.1) is 0 Å². The summed E-state index contributed by atoms with van der Waals surface area (Å²) in [6.45, 7) is 2.46. The molecule has 1 aliphatic rings. The van der Waals surface area contributed by atoms with Gasteiger partial charge in [0.2, 0.25) is 5.91 Å². The van der Waals surface area contributed by atoms with E-state index in [9.17, 15) is 4.79 Å². The molecule has 5 heteroatoms. The van der Waals surface area contributed by atoms with E-state index in [4.69, 9.17) is 4.98 Å². The Morgan fingerprint density at radius 2 is 1.79 bits per heavy atom. The third-order valence-corrected chi connectivity index (χ3v) is 6.27. The highest BCUT2D eigenvalue weighted by Gasteiger charge is 2.28. The molecule has 1 aliphatic heterocycles. The summed E-state index contributed by atoms with van der Waals surface area (Å²) in [4.78, 5) is 21.9. The second kappa shape index (κ2) is 8.67. The van der Waals surface area contributed by atoms with Crippen LogP contribution in [-0.4, -0.2) is 47.4 Å². The molecule has 0 bridgehead atoms. The fourth-order valence-corrected chi connectivity index (χ4v) is 4.48. The molecule has 0 N–H and O–H groups in total. The number of aromatic nitrogens is 1. The number of nitrogens with zero attached hydrogens (tertiary/aromatic N) is 3. The predicted octanol–water partition coefficient (Wildman–Crippen LogP) is 4.26. The van der Waals surface area contributed by atoms with Crippen LogP contribution in [0.2, 0.25) is 0 Å². The van der Waals surface area contributed by atoms with Crippen LogP contribution in [0.1, 0.15) is 23.0 Å². The fourth-order valence-electron chi connectivity index (χ4n) is 3.67. The van der Waals surface area contributed by atoms with Gasteiger partial charge in [0.1, 0.15) is 0 Å². The Bertz CT molecular complexity index is 910. The van der Waals surface area contributed by atoms with Crippen LogP contribution in [0.3, 0.4) is 0 Å². The van der Waals surface area contributed by atoms with E-state index < -0.39 is 0 Å². The normalized spacial score (nSPS) is 17.6. The Kier molecular flexibility index (Phi) is 5.84. The number of hydrogen-bond acceptors (Lipinski definition) is 4. The molecular weight excluding hydrogens is 366 g/mol. The number of piperazine rings is 1. The zero-order valence-corrected chi connectivity index (χ0v) is 16.9. The first-order valence-corrected chi connectivity index (χ1v) is 10.6. The molecule has 1 amide bonds. The van der Waals surface area contributed by atoms with Gasteiger partial charge in [-0.2, -0.15) is 0 Å². The van der Waals surface area contributed by atoms with E-state index in [1.165, 1.54) is 5.56 Å². The van der Waals surface area contributed by atoms with Gasteiger partial charge in [0.25, 0.3) is 0 Å². The highest BCUT2D eigenvalue weighted by atomic mass is 32.1. The Balaban J connectivity index is 1.36. The quantitative estimate of drug-likeness (QED) is 0.652. The average molecular weight is 392 g/mol. The number of likely N-dealkylation sites (N-methyl/N-ethyl adjacent to an activating group) is 1. The molecule has 3 aromatic rings. The van der Waals surface area contributed by atoms with E-state index in [2.05, 4.69) is 53.7 Å². The van der Waals surface area contributed by atoms with Crippen LogP contribution >= 0.6 is 11.3 Å². The smallest absolute Gasteiger partial charge is 0.223 e. The van der Waals surface area contributed by atoms with Gasteiger partial charge in [0.15, 0.2) is 0 Å². The Morgan fingerprint density at radius 1 is 1.07 bits per heavy atom. The molecule has 4 nitrogen and oxygen atoms in total. The van der Waals surface area contributed by atoms with Crippen molar-refractivity contribution in [2.24, 2.45) is 0 Å². The molecule has 4 rings (SSSR count). The maximum absolute atomic E-state index is 12.8. The number of rotatable bonds is 5. The van der Waals surface area contributed by atoms with Crippen molar-refractivity contribution in [3.8, 4) is 11.3 Å². The predicted molar refractivity (Wildman–Crippen MR) is 114 cm³/mol. The maximum Gasteiger partial charge on any atom is 0.223 e. The Morgan fingerprint density at radius 3 is 2.54 bits per heavy atom. The minimum absolute atomic E-state index is 0.227. The van der Waals surface area contributed by atoms with Crippen LogP contribution in [0.5, 0.6) is 0 Å². The molecule has 1 aromatic heterocycles. The van der Waals surface area contributed by atoms with Crippen LogP contribution in [0.15, 0.2) is 66.0 Å². The summed E-state index contributed by atoms with van der Waals surface area (Å²) in [7, 11) is 2.14. The third-order valence-electron chi connectivity index (χ3n) is 5.36. The van der Waals surface area contributed by atoms with E-state index in [1.54, 1.807) is 11.3 Å². The van der Waals surface area contributed by atoms with Crippen LogP contribution in [0.25, 0.3) is 11.3 Å². The molecule has 0 aliphatic carbocycles. The Labute approximate surface area is 170 Å². The first-order chi connectivity index (χ1) is 13.7. The second-order valence-corrected chi connectivity index (χ2v) is 8.18. The molecule has 0 radical (unpaired) electrons. The number of benzene rings is 2. The molecule has 28 heavy (non-hydrogen) atoms. The van der Waals surface area contributed by atoms with Gasteiger partial charge in [-0.25, -0.2) is 4.98 Å². The van der Waals surface area contributed by atoms with Crippen LogP contribution < -0.4 is 0 Å². The third kappa shape index (κ3) is 4.32. The standard InChI is InChI=1S/C23H25N3OS/c1-25-14-15-26(16-21(25)19-10-6-3-7-11-19)23(27)13-12-22-24-20(17-28-22)18-8-4-2-5-9-18/h2-11,17,21H,12-16H2,1H3. The first-order valence-electron chi connectivity index (χ1n) is 9.73. The van der Waals surface area contributed by atoms with Crippen molar-refractivity contribution in [1.82, 2.24) is 14.8 Å². The molecule has 144 valence electrons. The van der Waals surface area contributed by atoms with Gasteiger partial charge in [0, 0.05) is 43.4 Å². The van der Waals surface area contributed by atoms with Crippen molar-refractivity contribution in [3.05, 3.63) is 76.6 Å². The SMILES string of the molecule is CN1CCN(C(=O)CCc2nc(-c3ccccc3)cs2)CC1c1ccccc1. The molecular formula is C23H25N3OS. The van der Waals surface area contributed by atoms with Gasteiger partial charge in [-0.05, 0) is 12.6 Å². The molecule has 1 saturated heterocycles. The molecule has 0 saturated carbocycles. The fraction of sp³-hybridized carbons (Fsp3) is 0.304. The summed E-state index contributed by atoms with van der Waals surface area (Å²) in [6.07, 6.45) is 1.23. The lowest BCUT2D eigenvalue weighted by Crippen LogP contribution is -2.49.